The summed E-state index contributed by atoms with van der Waals surface area (Å²) in [5.41, 5.74) is 0.0212. The molecule has 6 nitrogen and oxygen atoms in total. The van der Waals surface area contributed by atoms with Gasteiger partial charge in [0.05, 0.1) is 5.52 Å². The van der Waals surface area contributed by atoms with E-state index in [1.54, 1.807) is 18.2 Å². The van der Waals surface area contributed by atoms with Crippen molar-refractivity contribution in [3.63, 3.8) is 0 Å². The summed E-state index contributed by atoms with van der Waals surface area (Å²) < 4.78 is 5.55. The minimum absolute atomic E-state index is 0.122. The van der Waals surface area contributed by atoms with Gasteiger partial charge in [0.1, 0.15) is 18.1 Å². The number of pyridine rings is 1. The number of likely N-dealkylation sites (N-methyl/N-ethyl adjacent to an activating group) is 1. The van der Waals surface area contributed by atoms with Crippen molar-refractivity contribution in [2.75, 3.05) is 27.2 Å². The first-order chi connectivity index (χ1) is 9.47. The largest absolute Gasteiger partial charge is 0.492 e. The number of aromatic carboxylic acids is 1. The van der Waals surface area contributed by atoms with E-state index in [1.165, 1.54) is 0 Å². The second kappa shape index (κ2) is 5.75. The second-order valence-electron chi connectivity index (χ2n) is 4.71. The first kappa shape index (κ1) is 14.1. The van der Waals surface area contributed by atoms with Crippen molar-refractivity contribution >= 4 is 16.9 Å². The van der Waals surface area contributed by atoms with Gasteiger partial charge in [-0.15, -0.1) is 0 Å². The number of carboxylic acid groups (broad SMARTS) is 1. The normalized spacial score (nSPS) is 10.9. The Hall–Kier alpha value is -2.34. The summed E-state index contributed by atoms with van der Waals surface area (Å²) in [4.78, 5) is 27.5. The number of carbonyl (C=O) groups is 1. The fourth-order valence-corrected chi connectivity index (χ4v) is 1.78. The second-order valence-corrected chi connectivity index (χ2v) is 4.71. The summed E-state index contributed by atoms with van der Waals surface area (Å²) in [5.74, 6) is -0.566. The van der Waals surface area contributed by atoms with Crippen LogP contribution in [0, 0.1) is 0 Å². The van der Waals surface area contributed by atoms with Crippen LogP contribution in [0.1, 0.15) is 10.5 Å². The monoisotopic (exact) mass is 276 g/mol. The Morgan fingerprint density at radius 2 is 2.10 bits per heavy atom. The molecule has 0 aliphatic rings. The molecule has 0 saturated carbocycles. The Morgan fingerprint density at radius 3 is 2.75 bits per heavy atom. The third kappa shape index (κ3) is 3.16. The number of carboxylic acids is 1. The van der Waals surface area contributed by atoms with E-state index in [-0.39, 0.29) is 11.1 Å². The maximum Gasteiger partial charge on any atom is 0.352 e. The number of aromatic amines is 1. The molecule has 1 aromatic heterocycles. The van der Waals surface area contributed by atoms with Gasteiger partial charge in [-0.25, -0.2) is 4.79 Å². The highest BCUT2D eigenvalue weighted by Gasteiger charge is 2.08. The zero-order valence-electron chi connectivity index (χ0n) is 11.3. The minimum atomic E-state index is -1.16. The number of ether oxygens (including phenoxy) is 1. The average Bonchev–Trinajstić information content (AvgIpc) is 2.38. The zero-order chi connectivity index (χ0) is 14.7. The quantitative estimate of drug-likeness (QED) is 0.856. The molecule has 106 valence electrons. The van der Waals surface area contributed by atoms with E-state index in [4.69, 9.17) is 9.84 Å². The van der Waals surface area contributed by atoms with Crippen molar-refractivity contribution in [1.82, 2.24) is 9.88 Å². The smallest absolute Gasteiger partial charge is 0.352 e. The van der Waals surface area contributed by atoms with E-state index in [2.05, 4.69) is 4.98 Å². The standard InChI is InChI=1S/C14H16N2O4/c1-16(2)5-6-20-9-3-4-11-10(7-9)13(17)8-12(15-11)14(18)19/h3-4,7-8H,5-6H2,1-2H3,(H,15,17)(H,18,19). The molecule has 2 N–H and O–H groups in total. The molecule has 2 rings (SSSR count). The van der Waals surface area contributed by atoms with Gasteiger partial charge in [-0.1, -0.05) is 0 Å². The van der Waals surface area contributed by atoms with Crippen LogP contribution < -0.4 is 10.2 Å². The molecule has 0 unspecified atom stereocenters. The van der Waals surface area contributed by atoms with Gasteiger partial charge in [0.25, 0.3) is 0 Å². The molecule has 0 amide bonds. The third-order valence-corrected chi connectivity index (χ3v) is 2.84. The number of hydrogen-bond donors (Lipinski definition) is 2. The SMILES string of the molecule is CN(C)CCOc1ccc2[nH]c(C(=O)O)cc(=O)c2c1. The lowest BCUT2D eigenvalue weighted by Crippen LogP contribution is -2.19. The predicted octanol–water partition coefficient (Wildman–Crippen LogP) is 1.17. The lowest BCUT2D eigenvalue weighted by molar-refractivity contribution is 0.0691. The van der Waals surface area contributed by atoms with Gasteiger partial charge in [-0.2, -0.15) is 0 Å². The predicted molar refractivity (Wildman–Crippen MR) is 75.6 cm³/mol. The Morgan fingerprint density at radius 1 is 1.35 bits per heavy atom. The van der Waals surface area contributed by atoms with Crippen LogP contribution in [0.5, 0.6) is 5.75 Å². The molecule has 0 saturated heterocycles. The van der Waals surface area contributed by atoms with Crippen LogP contribution in [-0.4, -0.2) is 48.2 Å². The van der Waals surface area contributed by atoms with Crippen LogP contribution in [0.15, 0.2) is 29.1 Å². The molecule has 0 radical (unpaired) electrons. The van der Waals surface area contributed by atoms with Crippen LogP contribution in [0.25, 0.3) is 10.9 Å². The highest BCUT2D eigenvalue weighted by atomic mass is 16.5. The molecule has 0 bridgehead atoms. The average molecular weight is 276 g/mol. The highest BCUT2D eigenvalue weighted by molar-refractivity contribution is 5.90. The molecule has 6 heteroatoms. The van der Waals surface area contributed by atoms with Crippen molar-refractivity contribution in [1.29, 1.82) is 0 Å². The number of nitrogens with one attached hydrogen (secondary N) is 1. The van der Waals surface area contributed by atoms with Crippen molar-refractivity contribution in [3.8, 4) is 5.75 Å². The van der Waals surface area contributed by atoms with Crippen molar-refractivity contribution in [3.05, 3.63) is 40.2 Å². The zero-order valence-corrected chi connectivity index (χ0v) is 11.3. The van der Waals surface area contributed by atoms with E-state index in [0.717, 1.165) is 12.6 Å². The Bertz CT molecular complexity index is 691. The van der Waals surface area contributed by atoms with Crippen LogP contribution in [0.3, 0.4) is 0 Å². The molecule has 2 aromatic rings. The van der Waals surface area contributed by atoms with Gasteiger partial charge in [0.2, 0.25) is 0 Å². The number of H-pyrrole nitrogens is 1. The summed E-state index contributed by atoms with van der Waals surface area (Å²) in [6, 6.07) is 6.05. The van der Waals surface area contributed by atoms with E-state index in [1.807, 2.05) is 19.0 Å². The van der Waals surface area contributed by atoms with E-state index in [9.17, 15) is 9.59 Å². The third-order valence-electron chi connectivity index (χ3n) is 2.84. The minimum Gasteiger partial charge on any atom is -0.492 e. The Balaban J connectivity index is 2.30. The highest BCUT2D eigenvalue weighted by Crippen LogP contribution is 2.17. The van der Waals surface area contributed by atoms with Crippen LogP contribution >= 0.6 is 0 Å². The number of hydrogen-bond acceptors (Lipinski definition) is 4. The Labute approximate surface area is 115 Å². The lowest BCUT2D eigenvalue weighted by Gasteiger charge is -2.11. The van der Waals surface area contributed by atoms with Crippen molar-refractivity contribution in [2.45, 2.75) is 0 Å². The topological polar surface area (TPSA) is 82.6 Å². The van der Waals surface area contributed by atoms with Gasteiger partial charge in [0.15, 0.2) is 5.43 Å². The van der Waals surface area contributed by atoms with Gasteiger partial charge in [0, 0.05) is 18.0 Å². The summed E-state index contributed by atoms with van der Waals surface area (Å²) in [5, 5.41) is 9.31. The van der Waals surface area contributed by atoms with E-state index >= 15 is 0 Å². The van der Waals surface area contributed by atoms with Crippen LogP contribution in [0.4, 0.5) is 0 Å². The van der Waals surface area contributed by atoms with Crippen LogP contribution in [-0.2, 0) is 0 Å². The molecule has 1 heterocycles. The first-order valence-corrected chi connectivity index (χ1v) is 6.15. The van der Waals surface area contributed by atoms with Gasteiger partial charge < -0.3 is 19.7 Å². The molecule has 0 aliphatic heterocycles. The number of rotatable bonds is 5. The summed E-state index contributed by atoms with van der Waals surface area (Å²) in [6.45, 7) is 1.29. The molecule has 0 spiro atoms. The number of nitrogens with zero attached hydrogens (tertiary/aromatic N) is 1. The molecular formula is C14H16N2O4. The number of aromatic nitrogens is 1. The molecule has 20 heavy (non-hydrogen) atoms. The summed E-state index contributed by atoms with van der Waals surface area (Å²) in [7, 11) is 3.89. The fourth-order valence-electron chi connectivity index (χ4n) is 1.78. The number of benzene rings is 1. The number of fused-ring (bicyclic) bond motifs is 1. The van der Waals surface area contributed by atoms with Crippen molar-refractivity contribution in [2.24, 2.45) is 0 Å². The van der Waals surface area contributed by atoms with E-state index in [0.29, 0.717) is 23.3 Å². The molecular weight excluding hydrogens is 260 g/mol. The fraction of sp³-hybridized carbons (Fsp3) is 0.286. The molecule has 0 atom stereocenters. The van der Waals surface area contributed by atoms with Gasteiger partial charge in [-0.3, -0.25) is 4.79 Å². The first-order valence-electron chi connectivity index (χ1n) is 6.15. The van der Waals surface area contributed by atoms with Gasteiger partial charge in [-0.05, 0) is 32.3 Å². The van der Waals surface area contributed by atoms with Gasteiger partial charge >= 0.3 is 5.97 Å². The lowest BCUT2D eigenvalue weighted by atomic mass is 10.2. The molecule has 0 aliphatic carbocycles. The summed E-state index contributed by atoms with van der Waals surface area (Å²) >= 11 is 0. The van der Waals surface area contributed by atoms with Crippen LogP contribution in [0.2, 0.25) is 0 Å². The maximum atomic E-state index is 11.9. The Kier molecular flexibility index (Phi) is 4.05. The summed E-state index contributed by atoms with van der Waals surface area (Å²) in [6.07, 6.45) is 0. The molecule has 0 fully saturated rings. The maximum absolute atomic E-state index is 11.9. The van der Waals surface area contributed by atoms with E-state index < -0.39 is 5.97 Å². The van der Waals surface area contributed by atoms with Crippen molar-refractivity contribution < 1.29 is 14.6 Å². The molecule has 1 aromatic carbocycles.